The number of halogens is 3. The average molecular weight is 406 g/mol. The first-order chi connectivity index (χ1) is 13.4. The van der Waals surface area contributed by atoms with Crippen LogP contribution in [0.2, 0.25) is 0 Å². The van der Waals surface area contributed by atoms with Crippen molar-refractivity contribution in [3.05, 3.63) is 62.7 Å². The van der Waals surface area contributed by atoms with Crippen LogP contribution in [0.4, 0.5) is 18.9 Å². The van der Waals surface area contributed by atoms with Gasteiger partial charge in [-0.3, -0.25) is 14.4 Å². The summed E-state index contributed by atoms with van der Waals surface area (Å²) in [5, 5.41) is 0. The molecule has 0 radical (unpaired) electrons. The molecule has 0 spiro atoms. The summed E-state index contributed by atoms with van der Waals surface area (Å²) < 4.78 is 45.8. The van der Waals surface area contributed by atoms with Gasteiger partial charge in [-0.1, -0.05) is 17.2 Å². The minimum Gasteiger partial charge on any atom is -0.458 e. The molecule has 0 saturated heterocycles. The maximum atomic E-state index is 13.5. The van der Waals surface area contributed by atoms with Crippen molar-refractivity contribution in [3.63, 3.8) is 0 Å². The number of aromatic nitrogens is 1. The summed E-state index contributed by atoms with van der Waals surface area (Å²) in [6, 6.07) is 5.65. The largest absolute Gasteiger partial charge is 0.458 e. The smallest absolute Gasteiger partial charge is 0.407 e. The van der Waals surface area contributed by atoms with E-state index in [1.807, 2.05) is 0 Å². The number of hydrogen-bond acceptors (Lipinski definition) is 4. The van der Waals surface area contributed by atoms with E-state index < -0.39 is 47.9 Å². The van der Waals surface area contributed by atoms with Gasteiger partial charge in [-0.05, 0) is 37.6 Å². The van der Waals surface area contributed by atoms with Gasteiger partial charge in [0, 0.05) is 12.6 Å². The Balaban J connectivity index is 2.75. The van der Waals surface area contributed by atoms with E-state index in [1.54, 1.807) is 32.0 Å². The Morgan fingerprint density at radius 3 is 2.21 bits per heavy atom. The number of aryl methyl sites for hydroxylation is 2. The molecule has 2 aromatic rings. The third kappa shape index (κ3) is 5.10. The van der Waals surface area contributed by atoms with Crippen LogP contribution in [0, 0.1) is 20.4 Å². The maximum absolute atomic E-state index is 13.5. The predicted octanol–water partition coefficient (Wildman–Crippen LogP) is 3.83. The summed E-state index contributed by atoms with van der Waals surface area (Å²) in [6.07, 6.45) is -4.92. The molecule has 0 aliphatic rings. The Labute approximate surface area is 164 Å². The highest BCUT2D eigenvalue weighted by Gasteiger charge is 2.36. The molecule has 0 aliphatic carbocycles. The van der Waals surface area contributed by atoms with Crippen LogP contribution < -0.4 is 5.56 Å². The maximum Gasteiger partial charge on any atom is 0.407 e. The Kier molecular flexibility index (Phi) is 6.27. The van der Waals surface area contributed by atoms with Gasteiger partial charge in [-0.15, -0.1) is 0 Å². The second kappa shape index (κ2) is 8.31. The number of ketones is 1. The van der Waals surface area contributed by atoms with Crippen molar-refractivity contribution in [2.75, 3.05) is 6.61 Å². The number of ether oxygens (including phenoxy) is 1. The Morgan fingerprint density at radius 1 is 1.14 bits per heavy atom. The number of alkyl halides is 3. The number of hydrogen-bond donors (Lipinski definition) is 0. The summed E-state index contributed by atoms with van der Waals surface area (Å²) in [4.78, 5) is 38.5. The van der Waals surface area contributed by atoms with Crippen molar-refractivity contribution in [3.8, 4) is 11.3 Å². The molecule has 0 saturated carbocycles. The van der Waals surface area contributed by atoms with Crippen LogP contribution in [0.15, 0.2) is 29.1 Å². The van der Waals surface area contributed by atoms with Crippen molar-refractivity contribution in [2.45, 2.75) is 33.5 Å². The highest BCUT2D eigenvalue weighted by molar-refractivity contribution is 5.82. The number of esters is 1. The molecule has 0 bridgehead atoms. The molecule has 2 rings (SSSR count). The van der Waals surface area contributed by atoms with Gasteiger partial charge in [0.25, 0.3) is 11.2 Å². The molecular formula is C20H17F3N2O4. The lowest BCUT2D eigenvalue weighted by Crippen LogP contribution is -2.29. The Hall–Kier alpha value is -3.41. The molecule has 0 unspecified atom stereocenters. The number of carbonyl (C=O) groups is 2. The summed E-state index contributed by atoms with van der Waals surface area (Å²) in [6.45, 7) is 10.3. The average Bonchev–Trinajstić information content (AvgIpc) is 2.59. The monoisotopic (exact) mass is 406 g/mol. The van der Waals surface area contributed by atoms with Crippen molar-refractivity contribution in [2.24, 2.45) is 0 Å². The molecule has 0 N–H and O–H groups in total. The summed E-state index contributed by atoms with van der Waals surface area (Å²) in [5.41, 5.74) is -2.10. The molecular weight excluding hydrogens is 389 g/mol. The second-order valence-electron chi connectivity index (χ2n) is 6.49. The van der Waals surface area contributed by atoms with E-state index in [2.05, 4.69) is 9.58 Å². The molecule has 1 aromatic carbocycles. The third-order valence-electron chi connectivity index (χ3n) is 3.98. The molecule has 0 fully saturated rings. The standard InChI is InChI=1S/C20H17F3N2O4/c1-11-5-12(2)7-14(6-11)17-8-16(20(21,22)23)18(24-4)19(28)25(17)9-15(27)10-29-13(3)26/h5-8H,9-10H2,1-3H3. The number of nitrogens with zero attached hydrogens (tertiary/aromatic N) is 2. The number of pyridine rings is 1. The van der Waals surface area contributed by atoms with E-state index in [4.69, 9.17) is 6.57 Å². The first-order valence-electron chi connectivity index (χ1n) is 8.40. The number of benzene rings is 1. The van der Waals surface area contributed by atoms with Crippen molar-refractivity contribution in [1.82, 2.24) is 4.57 Å². The van der Waals surface area contributed by atoms with Crippen LogP contribution in [0.1, 0.15) is 23.6 Å². The Bertz CT molecular complexity index is 1060. The molecule has 0 aliphatic heterocycles. The molecule has 29 heavy (non-hydrogen) atoms. The molecule has 6 nitrogen and oxygen atoms in total. The summed E-state index contributed by atoms with van der Waals surface area (Å²) >= 11 is 0. The highest BCUT2D eigenvalue weighted by atomic mass is 19.4. The topological polar surface area (TPSA) is 69.7 Å². The fraction of sp³-hybridized carbons (Fsp3) is 0.300. The number of carbonyl (C=O) groups excluding carboxylic acids is 2. The zero-order valence-electron chi connectivity index (χ0n) is 15.9. The molecule has 9 heteroatoms. The lowest BCUT2D eigenvalue weighted by atomic mass is 10.0. The molecule has 152 valence electrons. The van der Waals surface area contributed by atoms with Gasteiger partial charge in [-0.2, -0.15) is 13.2 Å². The van der Waals surface area contributed by atoms with Crippen LogP contribution in [0.5, 0.6) is 0 Å². The van der Waals surface area contributed by atoms with Gasteiger partial charge >= 0.3 is 12.1 Å². The van der Waals surface area contributed by atoms with E-state index in [0.29, 0.717) is 11.6 Å². The quantitative estimate of drug-likeness (QED) is 0.559. The van der Waals surface area contributed by atoms with Gasteiger partial charge < -0.3 is 9.30 Å². The summed E-state index contributed by atoms with van der Waals surface area (Å²) in [7, 11) is 0. The van der Waals surface area contributed by atoms with Gasteiger partial charge in [0.05, 0.1) is 18.7 Å². The van der Waals surface area contributed by atoms with E-state index in [0.717, 1.165) is 22.6 Å². The second-order valence-corrected chi connectivity index (χ2v) is 6.49. The first kappa shape index (κ1) is 21.9. The number of Topliss-reactive ketones (excluding diaryl/α,β-unsaturated/α-hetero) is 1. The fourth-order valence-corrected chi connectivity index (χ4v) is 2.88. The zero-order chi connectivity index (χ0) is 21.9. The van der Waals surface area contributed by atoms with Crippen molar-refractivity contribution < 1.29 is 27.5 Å². The van der Waals surface area contributed by atoms with Crippen molar-refractivity contribution in [1.29, 1.82) is 0 Å². The van der Waals surface area contributed by atoms with E-state index in [-0.39, 0.29) is 5.69 Å². The van der Waals surface area contributed by atoms with Gasteiger partial charge in [-0.25, -0.2) is 4.85 Å². The molecule has 1 aromatic heterocycles. The zero-order valence-corrected chi connectivity index (χ0v) is 15.9. The number of rotatable bonds is 5. The molecule has 0 amide bonds. The normalized spacial score (nSPS) is 11.1. The lowest BCUT2D eigenvalue weighted by molar-refractivity contribution is -0.145. The minimum atomic E-state index is -4.92. The van der Waals surface area contributed by atoms with Crippen LogP contribution in [0.3, 0.4) is 0 Å². The van der Waals surface area contributed by atoms with Crippen LogP contribution in [-0.2, 0) is 27.0 Å². The van der Waals surface area contributed by atoms with Crippen LogP contribution in [-0.4, -0.2) is 22.9 Å². The van der Waals surface area contributed by atoms with Crippen LogP contribution in [0.25, 0.3) is 16.1 Å². The van der Waals surface area contributed by atoms with Crippen LogP contribution >= 0.6 is 0 Å². The molecule has 0 atom stereocenters. The Morgan fingerprint density at radius 2 is 1.72 bits per heavy atom. The SMILES string of the molecule is [C-]#[N+]c1c(C(F)(F)F)cc(-c2cc(C)cc(C)c2)n(CC(=O)COC(C)=O)c1=O. The third-order valence-corrected chi connectivity index (χ3v) is 3.98. The van der Waals surface area contributed by atoms with E-state index in [9.17, 15) is 27.6 Å². The van der Waals surface area contributed by atoms with Crippen molar-refractivity contribution >= 4 is 17.4 Å². The van der Waals surface area contributed by atoms with Gasteiger partial charge in [0.2, 0.25) is 0 Å². The lowest BCUT2D eigenvalue weighted by Gasteiger charge is -2.18. The first-order valence-corrected chi connectivity index (χ1v) is 8.40. The van der Waals surface area contributed by atoms with Gasteiger partial charge in [0.15, 0.2) is 12.4 Å². The summed E-state index contributed by atoms with van der Waals surface area (Å²) in [5.74, 6) is -1.42. The van der Waals surface area contributed by atoms with E-state index >= 15 is 0 Å². The minimum absolute atomic E-state index is 0.155. The predicted molar refractivity (Wildman–Crippen MR) is 98.5 cm³/mol. The van der Waals surface area contributed by atoms with E-state index in [1.165, 1.54) is 0 Å². The highest BCUT2D eigenvalue weighted by Crippen LogP contribution is 2.37. The fourth-order valence-electron chi connectivity index (χ4n) is 2.88. The molecule has 1 heterocycles. The van der Waals surface area contributed by atoms with Gasteiger partial charge in [0.1, 0.15) is 0 Å².